The van der Waals surface area contributed by atoms with Gasteiger partial charge in [0.25, 0.3) is 0 Å². The standard InChI is InChI=1S/C31H58O3PS2/c1-7-9-11-13-15-17-21-36-23-19-27-25-29(35(32,33)34)30(31(4,5)6)28(26(27)3)20-24-37-22-18-16-14-12-10-8-2/h25,32-34H,7-24H2,1-6H3/q+1. The van der Waals surface area contributed by atoms with Gasteiger partial charge in [-0.25, -0.2) is 0 Å². The summed E-state index contributed by atoms with van der Waals surface area (Å²) in [5.41, 5.74) is 4.33. The summed E-state index contributed by atoms with van der Waals surface area (Å²) in [5.74, 6) is 4.44. The van der Waals surface area contributed by atoms with Gasteiger partial charge in [-0.2, -0.15) is 38.2 Å². The molecular weight excluding hydrogens is 515 g/mol. The topological polar surface area (TPSA) is 60.7 Å². The van der Waals surface area contributed by atoms with E-state index < -0.39 is 7.94 Å². The Balaban J connectivity index is 2.84. The highest BCUT2D eigenvalue weighted by molar-refractivity contribution is 7.99. The van der Waals surface area contributed by atoms with Crippen LogP contribution in [0.5, 0.6) is 0 Å². The zero-order valence-corrected chi connectivity index (χ0v) is 27.4. The van der Waals surface area contributed by atoms with Crippen molar-refractivity contribution < 1.29 is 14.7 Å². The lowest BCUT2D eigenvalue weighted by atomic mass is 9.80. The zero-order chi connectivity index (χ0) is 27.7. The Morgan fingerprint density at radius 1 is 0.676 bits per heavy atom. The highest BCUT2D eigenvalue weighted by Gasteiger charge is 2.42. The maximum atomic E-state index is 10.4. The molecule has 6 heteroatoms. The van der Waals surface area contributed by atoms with Crippen LogP contribution in [0, 0.1) is 6.92 Å². The van der Waals surface area contributed by atoms with Gasteiger partial charge < -0.3 is 0 Å². The molecule has 0 aliphatic rings. The van der Waals surface area contributed by atoms with Crippen molar-refractivity contribution in [3.63, 3.8) is 0 Å². The average molecular weight is 574 g/mol. The normalized spacial score (nSPS) is 12.5. The molecule has 0 heterocycles. The molecular formula is C31H58O3PS2+. The molecule has 0 aliphatic heterocycles. The minimum absolute atomic E-state index is 0.274. The van der Waals surface area contributed by atoms with Crippen molar-refractivity contribution in [2.24, 2.45) is 0 Å². The molecule has 3 N–H and O–H groups in total. The first-order valence-electron chi connectivity index (χ1n) is 14.9. The Labute approximate surface area is 239 Å². The van der Waals surface area contributed by atoms with Gasteiger partial charge in [0.2, 0.25) is 0 Å². The fraction of sp³-hybridized carbons (Fsp3) is 0.806. The zero-order valence-electron chi connectivity index (χ0n) is 24.9. The second-order valence-corrected chi connectivity index (χ2v) is 15.7. The number of thioether (sulfide) groups is 2. The molecule has 0 aromatic heterocycles. The van der Waals surface area contributed by atoms with E-state index in [-0.39, 0.29) is 5.41 Å². The molecule has 0 unspecified atom stereocenters. The van der Waals surface area contributed by atoms with Gasteiger partial charge in [0.15, 0.2) is 5.30 Å². The van der Waals surface area contributed by atoms with Gasteiger partial charge in [-0.05, 0) is 83.8 Å². The molecule has 0 bridgehead atoms. The van der Waals surface area contributed by atoms with Crippen LogP contribution in [0.25, 0.3) is 0 Å². The van der Waals surface area contributed by atoms with Gasteiger partial charge in [-0.15, -0.1) is 0 Å². The first-order chi connectivity index (χ1) is 17.5. The van der Waals surface area contributed by atoms with Crippen molar-refractivity contribution in [3.8, 4) is 0 Å². The van der Waals surface area contributed by atoms with Crippen LogP contribution in [0.3, 0.4) is 0 Å². The van der Waals surface area contributed by atoms with E-state index >= 15 is 0 Å². The summed E-state index contributed by atoms with van der Waals surface area (Å²) in [6, 6.07) is 1.90. The Morgan fingerprint density at radius 2 is 1.14 bits per heavy atom. The molecule has 0 saturated heterocycles. The third-order valence-electron chi connectivity index (χ3n) is 7.17. The van der Waals surface area contributed by atoms with Gasteiger partial charge in [0, 0.05) is 5.56 Å². The van der Waals surface area contributed by atoms with Crippen LogP contribution in [-0.4, -0.2) is 37.7 Å². The monoisotopic (exact) mass is 573 g/mol. The van der Waals surface area contributed by atoms with Crippen LogP contribution in [0.2, 0.25) is 0 Å². The van der Waals surface area contributed by atoms with Crippen LogP contribution < -0.4 is 5.30 Å². The van der Waals surface area contributed by atoms with Gasteiger partial charge in [0.1, 0.15) is 0 Å². The third-order valence-corrected chi connectivity index (χ3v) is 10.3. The van der Waals surface area contributed by atoms with E-state index in [1.807, 2.05) is 29.6 Å². The van der Waals surface area contributed by atoms with E-state index in [4.69, 9.17) is 0 Å². The van der Waals surface area contributed by atoms with Crippen LogP contribution >= 0.6 is 31.5 Å². The highest BCUT2D eigenvalue weighted by Crippen LogP contribution is 2.48. The number of hydrogen-bond donors (Lipinski definition) is 3. The first-order valence-corrected chi connectivity index (χ1v) is 18.9. The summed E-state index contributed by atoms with van der Waals surface area (Å²) < 4.78 is 0. The predicted molar refractivity (Wildman–Crippen MR) is 172 cm³/mol. The van der Waals surface area contributed by atoms with E-state index in [1.54, 1.807) is 0 Å². The third kappa shape index (κ3) is 14.4. The molecule has 1 aromatic rings. The molecule has 0 radical (unpaired) electrons. The van der Waals surface area contributed by atoms with Crippen molar-refractivity contribution in [3.05, 3.63) is 28.3 Å². The Morgan fingerprint density at radius 3 is 1.59 bits per heavy atom. The minimum atomic E-state index is -4.12. The maximum Gasteiger partial charge on any atom is 0.441 e. The molecule has 3 nitrogen and oxygen atoms in total. The van der Waals surface area contributed by atoms with E-state index in [9.17, 15) is 14.7 Å². The summed E-state index contributed by atoms with van der Waals surface area (Å²) in [6.07, 6.45) is 17.7. The van der Waals surface area contributed by atoms with Crippen molar-refractivity contribution in [2.75, 3.05) is 23.0 Å². The number of aryl methyl sites for hydroxylation is 1. The quantitative estimate of drug-likeness (QED) is 0.101. The average Bonchev–Trinajstić information content (AvgIpc) is 2.82. The Bertz CT molecular complexity index is 741. The second kappa shape index (κ2) is 19.3. The molecule has 0 amide bonds. The number of rotatable bonds is 21. The maximum absolute atomic E-state index is 10.4. The van der Waals surface area contributed by atoms with Crippen molar-refractivity contribution in [1.82, 2.24) is 0 Å². The number of benzene rings is 1. The fourth-order valence-electron chi connectivity index (χ4n) is 5.06. The van der Waals surface area contributed by atoms with Crippen LogP contribution in [0.1, 0.15) is 134 Å². The molecule has 216 valence electrons. The predicted octanol–water partition coefficient (Wildman–Crippen LogP) is 8.93. The lowest BCUT2D eigenvalue weighted by molar-refractivity contribution is 0.346. The lowest BCUT2D eigenvalue weighted by Crippen LogP contribution is -2.29. The molecule has 1 aromatic carbocycles. The van der Waals surface area contributed by atoms with Crippen LogP contribution in [0.15, 0.2) is 6.07 Å². The highest BCUT2D eigenvalue weighted by atomic mass is 32.2. The molecule has 0 atom stereocenters. The smallest absolute Gasteiger partial charge is 0.189 e. The molecule has 0 fully saturated rings. The number of hydrogen-bond acceptors (Lipinski definition) is 5. The summed E-state index contributed by atoms with van der Waals surface area (Å²) >= 11 is 4.01. The Hall–Kier alpha value is 0.230. The molecule has 37 heavy (non-hydrogen) atoms. The van der Waals surface area contributed by atoms with E-state index in [2.05, 4.69) is 41.5 Å². The van der Waals surface area contributed by atoms with Crippen LogP contribution in [0.4, 0.5) is 0 Å². The van der Waals surface area contributed by atoms with Crippen LogP contribution in [-0.2, 0) is 18.3 Å². The van der Waals surface area contributed by atoms with Crippen molar-refractivity contribution >= 4 is 36.8 Å². The number of unbranched alkanes of at least 4 members (excludes halogenated alkanes) is 10. The SMILES string of the molecule is CCCCCCCCSCCc1cc([P+](O)(O)O)c(C(C)(C)C)c(CCSCCCCCCCC)c1C. The van der Waals surface area contributed by atoms with Gasteiger partial charge >= 0.3 is 7.94 Å². The summed E-state index contributed by atoms with van der Waals surface area (Å²) in [7, 11) is -4.12. The molecule has 1 rings (SSSR count). The molecule has 0 saturated carbocycles. The lowest BCUT2D eigenvalue weighted by Gasteiger charge is -2.28. The summed E-state index contributed by atoms with van der Waals surface area (Å²) in [4.78, 5) is 31.3. The van der Waals surface area contributed by atoms with Crippen molar-refractivity contribution in [2.45, 2.75) is 137 Å². The fourth-order valence-corrected chi connectivity index (χ4v) is 8.09. The summed E-state index contributed by atoms with van der Waals surface area (Å²) in [5, 5.41) is 0.373. The first kappa shape index (κ1) is 35.3. The minimum Gasteiger partial charge on any atom is -0.189 e. The largest absolute Gasteiger partial charge is 0.441 e. The van der Waals surface area contributed by atoms with Crippen molar-refractivity contribution in [1.29, 1.82) is 0 Å². The van der Waals surface area contributed by atoms with Gasteiger partial charge in [-0.1, -0.05) is 98.8 Å². The summed E-state index contributed by atoms with van der Waals surface area (Å²) in [6.45, 7) is 13.1. The van der Waals surface area contributed by atoms with E-state index in [0.29, 0.717) is 5.30 Å². The van der Waals surface area contributed by atoms with Gasteiger partial charge in [-0.3, -0.25) is 0 Å². The van der Waals surface area contributed by atoms with Gasteiger partial charge in [0.05, 0.1) is 0 Å². The molecule has 0 aliphatic carbocycles. The van der Waals surface area contributed by atoms with E-state index in [0.717, 1.165) is 35.5 Å². The Kier molecular flexibility index (Phi) is 18.4. The second-order valence-electron chi connectivity index (χ2n) is 11.6. The molecule has 0 spiro atoms. The van der Waals surface area contributed by atoms with E-state index in [1.165, 1.54) is 99.7 Å².